The van der Waals surface area contributed by atoms with Crippen LogP contribution in [-0.4, -0.2) is 15.5 Å². The number of hydrogen-bond acceptors (Lipinski definition) is 4. The molecule has 0 aliphatic rings. The van der Waals surface area contributed by atoms with E-state index in [2.05, 4.69) is 4.98 Å². The third-order valence-corrected chi connectivity index (χ3v) is 5.19. The Kier molecular flexibility index (Phi) is 7.20. The van der Waals surface area contributed by atoms with Crippen LogP contribution in [0.15, 0.2) is 58.1 Å². The normalized spacial score (nSPS) is 10.8. The summed E-state index contributed by atoms with van der Waals surface area (Å²) in [6, 6.07) is 13.6. The zero-order chi connectivity index (χ0) is 22.5. The smallest absolute Gasteiger partial charge is 0.330 e. The lowest BCUT2D eigenvalue weighted by molar-refractivity contribution is 0.0984. The number of hydrogen-bond donors (Lipinski definition) is 2. The van der Waals surface area contributed by atoms with Gasteiger partial charge in [-0.05, 0) is 30.2 Å². The van der Waals surface area contributed by atoms with Gasteiger partial charge in [-0.2, -0.15) is 0 Å². The van der Waals surface area contributed by atoms with Gasteiger partial charge >= 0.3 is 5.69 Å². The SMILES string of the molecule is CCCCn1c(N)c(N(Cc2ccccc2)C(=O)c2cc(Cl)cc(Cl)c2)c(=O)[nH]c1=O. The Morgan fingerprint density at radius 1 is 1.10 bits per heavy atom. The number of nitrogens with two attached hydrogens (primary N) is 1. The molecule has 7 nitrogen and oxygen atoms in total. The molecule has 3 rings (SSSR count). The maximum absolute atomic E-state index is 13.5. The van der Waals surface area contributed by atoms with Crippen molar-refractivity contribution in [2.75, 3.05) is 10.6 Å². The first kappa shape index (κ1) is 22.7. The molecular weight excluding hydrogens is 439 g/mol. The van der Waals surface area contributed by atoms with Crippen LogP contribution in [0.1, 0.15) is 35.7 Å². The minimum absolute atomic E-state index is 0.0586. The molecule has 3 aromatic rings. The first-order valence-corrected chi connectivity index (χ1v) is 10.5. The molecule has 0 spiro atoms. The van der Waals surface area contributed by atoms with E-state index < -0.39 is 17.2 Å². The van der Waals surface area contributed by atoms with Crippen molar-refractivity contribution in [2.45, 2.75) is 32.9 Å². The first-order chi connectivity index (χ1) is 14.8. The highest BCUT2D eigenvalue weighted by Gasteiger charge is 2.26. The Morgan fingerprint density at radius 2 is 1.74 bits per heavy atom. The van der Waals surface area contributed by atoms with Gasteiger partial charge in [-0.25, -0.2) is 4.79 Å². The Hall–Kier alpha value is -3.03. The van der Waals surface area contributed by atoms with Crippen molar-refractivity contribution in [3.05, 3.63) is 90.5 Å². The molecule has 0 bridgehead atoms. The van der Waals surface area contributed by atoms with E-state index in [-0.39, 0.29) is 33.7 Å². The summed E-state index contributed by atoms with van der Waals surface area (Å²) in [5.74, 6) is -0.592. The van der Waals surface area contributed by atoms with E-state index in [0.29, 0.717) is 13.0 Å². The molecule has 0 fully saturated rings. The van der Waals surface area contributed by atoms with Crippen LogP contribution in [0, 0.1) is 0 Å². The number of carbonyl (C=O) groups is 1. The highest BCUT2D eigenvalue weighted by molar-refractivity contribution is 6.35. The van der Waals surface area contributed by atoms with Gasteiger partial charge in [0.15, 0.2) is 5.69 Å². The van der Waals surface area contributed by atoms with Crippen LogP contribution in [-0.2, 0) is 13.1 Å². The van der Waals surface area contributed by atoms with Crippen molar-refractivity contribution >= 4 is 40.6 Å². The third-order valence-electron chi connectivity index (χ3n) is 4.76. The number of aromatic amines is 1. The molecule has 31 heavy (non-hydrogen) atoms. The van der Waals surface area contributed by atoms with Gasteiger partial charge in [-0.15, -0.1) is 0 Å². The van der Waals surface area contributed by atoms with E-state index >= 15 is 0 Å². The molecule has 1 aromatic heterocycles. The number of nitrogens with zero attached hydrogens (tertiary/aromatic N) is 2. The fourth-order valence-corrected chi connectivity index (χ4v) is 3.75. The average Bonchev–Trinajstić information content (AvgIpc) is 2.72. The molecule has 0 unspecified atom stereocenters. The van der Waals surface area contributed by atoms with Gasteiger partial charge in [0.05, 0.1) is 6.54 Å². The lowest BCUT2D eigenvalue weighted by atomic mass is 10.1. The van der Waals surface area contributed by atoms with Gasteiger partial charge in [0.25, 0.3) is 11.5 Å². The summed E-state index contributed by atoms with van der Waals surface area (Å²) >= 11 is 12.2. The molecule has 0 radical (unpaired) electrons. The van der Waals surface area contributed by atoms with Crippen LogP contribution in [0.5, 0.6) is 0 Å². The fourth-order valence-electron chi connectivity index (χ4n) is 3.23. The fraction of sp³-hybridized carbons (Fsp3) is 0.227. The molecule has 2 aromatic carbocycles. The van der Waals surface area contributed by atoms with Crippen molar-refractivity contribution in [3.63, 3.8) is 0 Å². The second-order valence-corrected chi connectivity index (χ2v) is 7.91. The summed E-state index contributed by atoms with van der Waals surface area (Å²) in [4.78, 5) is 42.1. The summed E-state index contributed by atoms with van der Waals surface area (Å²) in [6.45, 7) is 2.35. The van der Waals surface area contributed by atoms with Crippen molar-refractivity contribution < 1.29 is 4.79 Å². The van der Waals surface area contributed by atoms with E-state index in [1.165, 1.54) is 27.7 Å². The van der Waals surface area contributed by atoms with E-state index in [0.717, 1.165) is 12.0 Å². The number of amides is 1. The summed E-state index contributed by atoms with van der Waals surface area (Å²) in [5.41, 5.74) is 5.77. The van der Waals surface area contributed by atoms with Crippen LogP contribution < -0.4 is 21.9 Å². The Bertz CT molecular complexity index is 1190. The zero-order valence-electron chi connectivity index (χ0n) is 16.9. The van der Waals surface area contributed by atoms with Crippen molar-refractivity contribution in [1.29, 1.82) is 0 Å². The van der Waals surface area contributed by atoms with Gasteiger partial charge in [-0.1, -0.05) is 66.9 Å². The van der Waals surface area contributed by atoms with Gasteiger partial charge in [0.2, 0.25) is 0 Å². The topological polar surface area (TPSA) is 101 Å². The number of nitrogens with one attached hydrogen (secondary N) is 1. The van der Waals surface area contributed by atoms with Crippen molar-refractivity contribution in [1.82, 2.24) is 9.55 Å². The van der Waals surface area contributed by atoms with Crippen LogP contribution in [0.2, 0.25) is 10.0 Å². The number of unbranched alkanes of at least 4 members (excludes halogenated alkanes) is 1. The van der Waals surface area contributed by atoms with Crippen molar-refractivity contribution in [3.8, 4) is 0 Å². The molecule has 0 saturated heterocycles. The number of aromatic nitrogens is 2. The predicted molar refractivity (Wildman–Crippen MR) is 124 cm³/mol. The van der Waals surface area contributed by atoms with E-state index in [4.69, 9.17) is 28.9 Å². The summed E-state index contributed by atoms with van der Waals surface area (Å²) in [7, 11) is 0. The second-order valence-electron chi connectivity index (χ2n) is 7.03. The largest absolute Gasteiger partial charge is 0.383 e. The molecule has 0 atom stereocenters. The number of H-pyrrole nitrogens is 1. The Labute approximate surface area is 189 Å². The third kappa shape index (κ3) is 5.18. The minimum atomic E-state index is -0.743. The molecule has 0 aliphatic heterocycles. The number of carbonyl (C=O) groups excluding carboxylic acids is 1. The first-order valence-electron chi connectivity index (χ1n) is 9.76. The van der Waals surface area contributed by atoms with E-state index in [1.807, 2.05) is 37.3 Å². The maximum Gasteiger partial charge on any atom is 0.330 e. The molecule has 0 saturated carbocycles. The van der Waals surface area contributed by atoms with Crippen LogP contribution >= 0.6 is 23.2 Å². The number of rotatable bonds is 7. The highest BCUT2D eigenvalue weighted by atomic mass is 35.5. The molecule has 3 N–H and O–H groups in total. The summed E-state index contributed by atoms with van der Waals surface area (Å²) in [5, 5.41) is 0.565. The number of anilines is 2. The predicted octanol–water partition coefficient (Wildman–Crippen LogP) is 4.07. The van der Waals surface area contributed by atoms with Gasteiger partial charge in [-0.3, -0.25) is 24.0 Å². The van der Waals surface area contributed by atoms with Gasteiger partial charge in [0, 0.05) is 22.2 Å². The molecule has 1 heterocycles. The lowest BCUT2D eigenvalue weighted by Crippen LogP contribution is -2.41. The quantitative estimate of drug-likeness (QED) is 0.554. The van der Waals surface area contributed by atoms with Crippen LogP contribution in [0.25, 0.3) is 0 Å². The van der Waals surface area contributed by atoms with Crippen LogP contribution in [0.3, 0.4) is 0 Å². The average molecular weight is 461 g/mol. The van der Waals surface area contributed by atoms with E-state index in [9.17, 15) is 14.4 Å². The molecule has 1 amide bonds. The standard InChI is InChI=1S/C22H22Cl2N4O3/c1-2-3-9-27-19(25)18(20(29)26-22(27)31)28(13-14-7-5-4-6-8-14)21(30)15-10-16(23)12-17(24)11-15/h4-8,10-12H,2-3,9,13,25H2,1H3,(H,26,29,31). The van der Waals surface area contributed by atoms with E-state index in [1.54, 1.807) is 0 Å². The Balaban J connectivity index is 2.18. The second kappa shape index (κ2) is 9.85. The van der Waals surface area contributed by atoms with Gasteiger partial charge in [0.1, 0.15) is 5.82 Å². The lowest BCUT2D eigenvalue weighted by Gasteiger charge is -2.25. The summed E-state index contributed by atoms with van der Waals surface area (Å²) < 4.78 is 1.27. The number of halogens is 2. The Morgan fingerprint density at radius 3 is 2.35 bits per heavy atom. The number of nitrogen functional groups attached to an aromatic ring is 1. The minimum Gasteiger partial charge on any atom is -0.383 e. The zero-order valence-corrected chi connectivity index (χ0v) is 18.4. The van der Waals surface area contributed by atoms with Crippen molar-refractivity contribution in [2.24, 2.45) is 0 Å². The number of benzene rings is 2. The van der Waals surface area contributed by atoms with Crippen LogP contribution in [0.4, 0.5) is 11.5 Å². The molecule has 0 aliphatic carbocycles. The summed E-state index contributed by atoms with van der Waals surface area (Å²) in [6.07, 6.45) is 1.51. The molecule has 162 valence electrons. The van der Waals surface area contributed by atoms with Gasteiger partial charge < -0.3 is 5.73 Å². The molecular formula is C22H22Cl2N4O3. The maximum atomic E-state index is 13.5. The monoisotopic (exact) mass is 460 g/mol. The highest BCUT2D eigenvalue weighted by Crippen LogP contribution is 2.25. The molecule has 9 heteroatoms.